The third-order valence-corrected chi connectivity index (χ3v) is 5.79. The standard InChI is InChI=1S/C11H11N7O3S2/c12-1-2-17-11(14-15-16-17)23-4-5-3-22-9-6(13)8(19)18(9)7(5)10(20)21/h6,9H,2-4,13H2,(H,20,21)/t6?,9-/m0/s1. The maximum atomic E-state index is 11.8. The summed E-state index contributed by atoms with van der Waals surface area (Å²) in [5.74, 6) is -0.748. The van der Waals surface area contributed by atoms with Crippen molar-refractivity contribution in [3.8, 4) is 6.07 Å². The zero-order chi connectivity index (χ0) is 16.6. The van der Waals surface area contributed by atoms with Crippen LogP contribution in [0, 0.1) is 11.3 Å². The second-order valence-corrected chi connectivity index (χ2v) is 6.81. The number of β-lactam (4-membered cyclic amide) rings is 1. The third kappa shape index (κ3) is 2.67. The zero-order valence-electron chi connectivity index (χ0n) is 11.6. The first-order valence-corrected chi connectivity index (χ1v) is 8.49. The van der Waals surface area contributed by atoms with Crippen molar-refractivity contribution in [3.05, 3.63) is 11.3 Å². The van der Waals surface area contributed by atoms with Crippen LogP contribution >= 0.6 is 23.5 Å². The first kappa shape index (κ1) is 15.8. The van der Waals surface area contributed by atoms with Gasteiger partial charge < -0.3 is 10.8 Å². The quantitative estimate of drug-likeness (QED) is 0.491. The summed E-state index contributed by atoms with van der Waals surface area (Å²) in [6, 6.07) is 1.29. The predicted octanol–water partition coefficient (Wildman–Crippen LogP) is -1.13. The van der Waals surface area contributed by atoms with Crippen molar-refractivity contribution in [1.29, 1.82) is 5.26 Å². The molecule has 1 unspecified atom stereocenters. The lowest BCUT2D eigenvalue weighted by Crippen LogP contribution is -2.68. The first-order chi connectivity index (χ1) is 11.0. The van der Waals surface area contributed by atoms with Gasteiger partial charge in [0, 0.05) is 11.5 Å². The SMILES string of the molecule is N#CCn1nnnc1SCC1=C(C(=O)O)N2C(=O)C(N)[C@@H]2SC1. The lowest BCUT2D eigenvalue weighted by atomic mass is 10.0. The van der Waals surface area contributed by atoms with E-state index in [2.05, 4.69) is 15.5 Å². The van der Waals surface area contributed by atoms with E-state index in [9.17, 15) is 14.7 Å². The molecular formula is C11H11N7O3S2. The normalized spacial score (nSPS) is 23.3. The third-order valence-electron chi connectivity index (χ3n) is 3.39. The molecule has 0 aliphatic carbocycles. The van der Waals surface area contributed by atoms with Gasteiger partial charge in [0.25, 0.3) is 0 Å². The van der Waals surface area contributed by atoms with Crippen molar-refractivity contribution in [1.82, 2.24) is 25.1 Å². The van der Waals surface area contributed by atoms with Gasteiger partial charge in [-0.15, -0.1) is 16.9 Å². The maximum Gasteiger partial charge on any atom is 0.352 e. The number of nitriles is 1. The number of nitrogens with zero attached hydrogens (tertiary/aromatic N) is 6. The molecule has 1 aromatic heterocycles. The van der Waals surface area contributed by atoms with Crippen molar-refractivity contribution in [2.45, 2.75) is 23.1 Å². The van der Waals surface area contributed by atoms with Crippen molar-refractivity contribution in [2.24, 2.45) is 5.73 Å². The number of carboxylic acid groups (broad SMARTS) is 1. The Morgan fingerprint density at radius 1 is 1.61 bits per heavy atom. The molecule has 0 spiro atoms. The number of carbonyl (C=O) groups is 2. The Bertz CT molecular complexity index is 740. The molecule has 23 heavy (non-hydrogen) atoms. The highest BCUT2D eigenvalue weighted by atomic mass is 32.2. The molecule has 0 radical (unpaired) electrons. The Balaban J connectivity index is 1.80. The highest BCUT2D eigenvalue weighted by Crippen LogP contribution is 2.40. The van der Waals surface area contributed by atoms with E-state index in [0.717, 1.165) is 0 Å². The van der Waals surface area contributed by atoms with Gasteiger partial charge in [0.15, 0.2) is 0 Å². The van der Waals surface area contributed by atoms with Crippen LogP contribution < -0.4 is 5.73 Å². The van der Waals surface area contributed by atoms with Crippen molar-refractivity contribution < 1.29 is 14.7 Å². The predicted molar refractivity (Wildman–Crippen MR) is 79.9 cm³/mol. The Morgan fingerprint density at radius 2 is 2.39 bits per heavy atom. The largest absolute Gasteiger partial charge is 0.477 e. The smallest absolute Gasteiger partial charge is 0.352 e. The Morgan fingerprint density at radius 3 is 3.09 bits per heavy atom. The van der Waals surface area contributed by atoms with E-state index >= 15 is 0 Å². The molecule has 2 aliphatic rings. The van der Waals surface area contributed by atoms with Crippen LogP contribution in [0.15, 0.2) is 16.4 Å². The molecular weight excluding hydrogens is 342 g/mol. The minimum absolute atomic E-state index is 0.00717. The lowest BCUT2D eigenvalue weighted by Gasteiger charge is -2.48. The van der Waals surface area contributed by atoms with Crippen LogP contribution in [-0.2, 0) is 16.1 Å². The molecule has 1 aromatic rings. The minimum atomic E-state index is -1.15. The van der Waals surface area contributed by atoms with Crippen molar-refractivity contribution in [3.63, 3.8) is 0 Å². The van der Waals surface area contributed by atoms with E-state index in [1.54, 1.807) is 0 Å². The molecule has 1 saturated heterocycles. The number of tetrazole rings is 1. The molecule has 12 heteroatoms. The van der Waals surface area contributed by atoms with Crippen LogP contribution in [0.5, 0.6) is 0 Å². The number of carbonyl (C=O) groups excluding carboxylic acids is 1. The molecule has 3 rings (SSSR count). The number of amides is 1. The summed E-state index contributed by atoms with van der Waals surface area (Å²) in [6.07, 6.45) is 0. The summed E-state index contributed by atoms with van der Waals surface area (Å²) < 4.78 is 1.33. The summed E-state index contributed by atoms with van der Waals surface area (Å²) in [5, 5.41) is 29.2. The molecule has 0 aromatic carbocycles. The zero-order valence-corrected chi connectivity index (χ0v) is 13.2. The number of aromatic nitrogens is 4. The highest BCUT2D eigenvalue weighted by molar-refractivity contribution is 8.01. The number of nitrogens with two attached hydrogens (primary N) is 1. The molecule has 0 saturated carbocycles. The van der Waals surface area contributed by atoms with Crippen molar-refractivity contribution >= 4 is 35.4 Å². The summed E-state index contributed by atoms with van der Waals surface area (Å²) in [6.45, 7) is 0.0104. The van der Waals surface area contributed by atoms with Gasteiger partial charge in [0.1, 0.15) is 23.7 Å². The van der Waals surface area contributed by atoms with Crippen LogP contribution in [0.25, 0.3) is 0 Å². The average molecular weight is 353 g/mol. The maximum absolute atomic E-state index is 11.8. The number of thioether (sulfide) groups is 2. The molecule has 3 heterocycles. The van der Waals surface area contributed by atoms with E-state index in [1.807, 2.05) is 6.07 Å². The molecule has 2 atom stereocenters. The van der Waals surface area contributed by atoms with Crippen LogP contribution in [-0.4, -0.2) is 65.0 Å². The van der Waals surface area contributed by atoms with Gasteiger partial charge in [-0.3, -0.25) is 9.69 Å². The average Bonchev–Trinajstić information content (AvgIpc) is 2.98. The van der Waals surface area contributed by atoms with Gasteiger partial charge in [-0.25, -0.2) is 9.48 Å². The minimum Gasteiger partial charge on any atom is -0.477 e. The summed E-state index contributed by atoms with van der Waals surface area (Å²) in [4.78, 5) is 24.6. The van der Waals surface area contributed by atoms with E-state index < -0.39 is 12.0 Å². The van der Waals surface area contributed by atoms with Crippen LogP contribution in [0.1, 0.15) is 0 Å². The van der Waals surface area contributed by atoms with Gasteiger partial charge in [0.05, 0.1) is 6.07 Å². The van der Waals surface area contributed by atoms with Gasteiger partial charge in [-0.2, -0.15) is 5.26 Å². The van der Waals surface area contributed by atoms with E-state index in [-0.39, 0.29) is 23.5 Å². The second kappa shape index (κ2) is 6.19. The molecule has 120 valence electrons. The molecule has 10 nitrogen and oxygen atoms in total. The highest BCUT2D eigenvalue weighted by Gasteiger charge is 2.51. The molecule has 0 bridgehead atoms. The molecule has 1 amide bonds. The van der Waals surface area contributed by atoms with Crippen LogP contribution in [0.4, 0.5) is 0 Å². The fraction of sp³-hybridized carbons (Fsp3) is 0.455. The fourth-order valence-corrected chi connectivity index (χ4v) is 4.62. The monoisotopic (exact) mass is 353 g/mol. The van der Waals surface area contributed by atoms with Gasteiger partial charge in [0.2, 0.25) is 11.1 Å². The van der Waals surface area contributed by atoms with Crippen molar-refractivity contribution in [2.75, 3.05) is 11.5 Å². The number of aliphatic carboxylic acids is 1. The lowest BCUT2D eigenvalue weighted by molar-refractivity contribution is -0.147. The summed E-state index contributed by atoms with van der Waals surface area (Å²) >= 11 is 2.66. The van der Waals surface area contributed by atoms with Gasteiger partial charge >= 0.3 is 5.97 Å². The number of hydrogen-bond donors (Lipinski definition) is 2. The molecule has 1 fully saturated rings. The van der Waals surface area contributed by atoms with Crippen LogP contribution in [0.3, 0.4) is 0 Å². The van der Waals surface area contributed by atoms with Gasteiger partial charge in [-0.05, 0) is 16.0 Å². The summed E-state index contributed by atoms with van der Waals surface area (Å²) in [5.41, 5.74) is 6.30. The Kier molecular flexibility index (Phi) is 4.24. The summed E-state index contributed by atoms with van der Waals surface area (Å²) in [7, 11) is 0. The molecule has 2 aliphatic heterocycles. The van der Waals surface area contributed by atoms with Gasteiger partial charge in [-0.1, -0.05) is 11.8 Å². The topological polar surface area (TPSA) is 151 Å². The number of fused-ring (bicyclic) bond motifs is 1. The number of hydrogen-bond acceptors (Lipinski definition) is 9. The second-order valence-electron chi connectivity index (χ2n) is 4.76. The Hall–Kier alpha value is -2.10. The molecule has 3 N–H and O–H groups in total. The van der Waals surface area contributed by atoms with E-state index in [1.165, 1.54) is 33.1 Å². The first-order valence-electron chi connectivity index (χ1n) is 6.46. The number of carboxylic acids is 1. The van der Waals surface area contributed by atoms with E-state index in [4.69, 9.17) is 11.0 Å². The van der Waals surface area contributed by atoms with Crippen LogP contribution in [0.2, 0.25) is 0 Å². The Labute approximate surface area is 138 Å². The fourth-order valence-electron chi connectivity index (χ4n) is 2.31. The number of rotatable bonds is 5. The van der Waals surface area contributed by atoms with E-state index in [0.29, 0.717) is 22.2 Å².